The monoisotopic (exact) mass is 192 g/mol. The maximum Gasteiger partial charge on any atom is 0.118 e. The van der Waals surface area contributed by atoms with Crippen LogP contribution in [0.1, 0.15) is 26.2 Å². The molecule has 0 heterocycles. The molecule has 0 atom stereocenters. The van der Waals surface area contributed by atoms with Crippen molar-refractivity contribution in [3.8, 4) is 5.75 Å². The predicted octanol–water partition coefficient (Wildman–Crippen LogP) is 4.06. The van der Waals surface area contributed by atoms with E-state index in [0.717, 1.165) is 5.75 Å². The van der Waals surface area contributed by atoms with Gasteiger partial charge in [0.25, 0.3) is 0 Å². The van der Waals surface area contributed by atoms with Crippen LogP contribution in [0.5, 0.6) is 5.75 Å². The van der Waals surface area contributed by atoms with Gasteiger partial charge >= 0.3 is 0 Å². The Morgan fingerprint density at radius 3 is 2.21 bits per heavy atom. The van der Waals surface area contributed by atoms with Gasteiger partial charge in [-0.3, -0.25) is 0 Å². The van der Waals surface area contributed by atoms with Gasteiger partial charge in [0, 0.05) is 0 Å². The van der Waals surface area contributed by atoms with E-state index in [1.165, 1.54) is 19.3 Å². The molecule has 1 aromatic carbocycles. The van der Waals surface area contributed by atoms with Gasteiger partial charge in [-0.15, -0.1) is 6.58 Å². The highest BCUT2D eigenvalue weighted by Crippen LogP contribution is 2.05. The number of para-hydroxylation sites is 1. The Labute approximate surface area is 87.4 Å². The standard InChI is InChI=1S/C7H8O.C6H12/c1-8-7-5-3-2-4-6-7;1-3-5-6-4-2/h2-6H,1H3;3H,1,4-6H2,2H3. The molecule has 0 unspecified atom stereocenters. The lowest BCUT2D eigenvalue weighted by Crippen LogP contribution is -1.78. The Hall–Kier alpha value is -1.24. The molecule has 1 nitrogen and oxygen atoms in total. The first kappa shape index (κ1) is 12.8. The fourth-order valence-electron chi connectivity index (χ4n) is 0.905. The summed E-state index contributed by atoms with van der Waals surface area (Å²) in [5, 5.41) is 0. The fraction of sp³-hybridized carbons (Fsp3) is 0.385. The number of benzene rings is 1. The van der Waals surface area contributed by atoms with Gasteiger partial charge in [-0.05, 0) is 18.6 Å². The van der Waals surface area contributed by atoms with Crippen molar-refractivity contribution in [2.24, 2.45) is 0 Å². The molecular formula is C13H20O. The predicted molar refractivity (Wildman–Crippen MR) is 62.7 cm³/mol. The lowest BCUT2D eigenvalue weighted by molar-refractivity contribution is 0.415. The van der Waals surface area contributed by atoms with E-state index < -0.39 is 0 Å². The topological polar surface area (TPSA) is 9.23 Å². The zero-order valence-electron chi connectivity index (χ0n) is 9.20. The molecule has 0 aromatic heterocycles. The number of allylic oxidation sites excluding steroid dienone is 1. The van der Waals surface area contributed by atoms with Gasteiger partial charge in [0.05, 0.1) is 7.11 Å². The molecule has 0 radical (unpaired) electrons. The number of hydrogen-bond acceptors (Lipinski definition) is 1. The molecule has 1 aromatic rings. The minimum absolute atomic E-state index is 0.910. The van der Waals surface area contributed by atoms with Crippen LogP contribution in [0.4, 0.5) is 0 Å². The average molecular weight is 192 g/mol. The quantitative estimate of drug-likeness (QED) is 0.516. The van der Waals surface area contributed by atoms with Crippen LogP contribution in [-0.4, -0.2) is 7.11 Å². The third-order valence-electron chi connectivity index (χ3n) is 1.74. The summed E-state index contributed by atoms with van der Waals surface area (Å²) in [5.74, 6) is 0.910. The van der Waals surface area contributed by atoms with Crippen LogP contribution in [-0.2, 0) is 0 Å². The van der Waals surface area contributed by atoms with Crippen LogP contribution >= 0.6 is 0 Å². The number of ether oxygens (including phenoxy) is 1. The molecule has 0 bridgehead atoms. The van der Waals surface area contributed by atoms with Crippen molar-refractivity contribution >= 4 is 0 Å². The van der Waals surface area contributed by atoms with Gasteiger partial charge in [0.15, 0.2) is 0 Å². The van der Waals surface area contributed by atoms with Crippen LogP contribution < -0.4 is 4.74 Å². The summed E-state index contributed by atoms with van der Waals surface area (Å²) in [4.78, 5) is 0. The number of unbranched alkanes of at least 4 members (excludes halogenated alkanes) is 2. The molecule has 1 rings (SSSR count). The van der Waals surface area contributed by atoms with Gasteiger partial charge in [-0.1, -0.05) is 44.0 Å². The smallest absolute Gasteiger partial charge is 0.118 e. The molecule has 1 heteroatoms. The fourth-order valence-corrected chi connectivity index (χ4v) is 0.905. The van der Waals surface area contributed by atoms with Gasteiger partial charge < -0.3 is 4.74 Å². The lowest BCUT2D eigenvalue weighted by atomic mass is 10.3. The van der Waals surface area contributed by atoms with E-state index in [0.29, 0.717) is 0 Å². The second-order valence-corrected chi connectivity index (χ2v) is 2.95. The molecule has 0 aliphatic heterocycles. The normalized spacial score (nSPS) is 8.43. The highest BCUT2D eigenvalue weighted by Gasteiger charge is 1.80. The third-order valence-corrected chi connectivity index (χ3v) is 1.74. The van der Waals surface area contributed by atoms with Crippen molar-refractivity contribution in [3.05, 3.63) is 43.0 Å². The Morgan fingerprint density at radius 1 is 1.29 bits per heavy atom. The molecule has 0 fully saturated rings. The molecule has 0 spiro atoms. The van der Waals surface area contributed by atoms with Crippen LogP contribution in [0, 0.1) is 0 Å². The minimum Gasteiger partial charge on any atom is -0.497 e. The molecule has 0 saturated carbocycles. The first-order valence-corrected chi connectivity index (χ1v) is 5.05. The average Bonchev–Trinajstić information content (AvgIpc) is 2.28. The number of methoxy groups -OCH3 is 1. The van der Waals surface area contributed by atoms with Crippen LogP contribution in [0.25, 0.3) is 0 Å². The van der Waals surface area contributed by atoms with E-state index in [9.17, 15) is 0 Å². The van der Waals surface area contributed by atoms with Crippen molar-refractivity contribution in [2.75, 3.05) is 7.11 Å². The van der Waals surface area contributed by atoms with Crippen molar-refractivity contribution in [3.63, 3.8) is 0 Å². The molecule has 0 amide bonds. The molecule has 0 N–H and O–H groups in total. The Bertz CT molecular complexity index is 216. The van der Waals surface area contributed by atoms with Gasteiger partial charge in [-0.25, -0.2) is 0 Å². The van der Waals surface area contributed by atoms with Crippen molar-refractivity contribution < 1.29 is 4.74 Å². The lowest BCUT2D eigenvalue weighted by Gasteiger charge is -1.93. The number of hydrogen-bond donors (Lipinski definition) is 0. The summed E-state index contributed by atoms with van der Waals surface area (Å²) in [6.45, 7) is 5.78. The second kappa shape index (κ2) is 9.85. The van der Waals surface area contributed by atoms with E-state index >= 15 is 0 Å². The van der Waals surface area contributed by atoms with Crippen LogP contribution in [0.2, 0.25) is 0 Å². The van der Waals surface area contributed by atoms with E-state index in [1.807, 2.05) is 36.4 Å². The summed E-state index contributed by atoms with van der Waals surface area (Å²) >= 11 is 0. The zero-order valence-corrected chi connectivity index (χ0v) is 9.20. The minimum atomic E-state index is 0.910. The highest BCUT2D eigenvalue weighted by atomic mass is 16.5. The molecular weight excluding hydrogens is 172 g/mol. The molecule has 14 heavy (non-hydrogen) atoms. The maximum absolute atomic E-state index is 4.91. The zero-order chi connectivity index (χ0) is 10.6. The van der Waals surface area contributed by atoms with Gasteiger partial charge in [-0.2, -0.15) is 0 Å². The summed E-state index contributed by atoms with van der Waals surface area (Å²) in [5.41, 5.74) is 0. The number of rotatable bonds is 4. The first-order valence-electron chi connectivity index (χ1n) is 5.05. The largest absolute Gasteiger partial charge is 0.497 e. The summed E-state index contributed by atoms with van der Waals surface area (Å²) in [6, 6.07) is 9.68. The molecule has 78 valence electrons. The highest BCUT2D eigenvalue weighted by molar-refractivity contribution is 5.20. The Balaban J connectivity index is 0.000000255. The second-order valence-electron chi connectivity index (χ2n) is 2.95. The summed E-state index contributed by atoms with van der Waals surface area (Å²) < 4.78 is 4.91. The maximum atomic E-state index is 4.91. The SMILES string of the molecule is C=CCCCC.COc1ccccc1. The van der Waals surface area contributed by atoms with E-state index in [4.69, 9.17) is 4.74 Å². The van der Waals surface area contributed by atoms with Gasteiger partial charge in [0.1, 0.15) is 5.75 Å². The molecule has 0 saturated heterocycles. The van der Waals surface area contributed by atoms with Crippen molar-refractivity contribution in [1.29, 1.82) is 0 Å². The van der Waals surface area contributed by atoms with E-state index in [-0.39, 0.29) is 0 Å². The summed E-state index contributed by atoms with van der Waals surface area (Å²) in [6.07, 6.45) is 5.72. The Kier molecular flexibility index (Phi) is 8.97. The van der Waals surface area contributed by atoms with E-state index in [1.54, 1.807) is 7.11 Å². The summed E-state index contributed by atoms with van der Waals surface area (Å²) in [7, 11) is 1.66. The van der Waals surface area contributed by atoms with Crippen molar-refractivity contribution in [2.45, 2.75) is 26.2 Å². The first-order chi connectivity index (χ1) is 6.85. The third kappa shape index (κ3) is 7.41. The van der Waals surface area contributed by atoms with Crippen LogP contribution in [0.3, 0.4) is 0 Å². The van der Waals surface area contributed by atoms with Crippen LogP contribution in [0.15, 0.2) is 43.0 Å². The molecule has 0 aliphatic rings. The van der Waals surface area contributed by atoms with E-state index in [2.05, 4.69) is 13.5 Å². The van der Waals surface area contributed by atoms with Crippen molar-refractivity contribution in [1.82, 2.24) is 0 Å². The molecule has 0 aliphatic carbocycles. The van der Waals surface area contributed by atoms with Gasteiger partial charge in [0.2, 0.25) is 0 Å². The Morgan fingerprint density at radius 2 is 1.93 bits per heavy atom.